The molecule has 4 heteroatoms. The third kappa shape index (κ3) is 3.10. The lowest BCUT2D eigenvalue weighted by Crippen LogP contribution is -2.29. The first-order chi connectivity index (χ1) is 9.72. The van der Waals surface area contributed by atoms with Gasteiger partial charge < -0.3 is 9.84 Å². The summed E-state index contributed by atoms with van der Waals surface area (Å²) < 4.78 is 5.10. The molecule has 4 nitrogen and oxygen atoms in total. The van der Waals surface area contributed by atoms with E-state index < -0.39 is 11.5 Å². The molecule has 0 amide bonds. The van der Waals surface area contributed by atoms with Crippen LogP contribution in [0.1, 0.15) is 56.7 Å². The summed E-state index contributed by atoms with van der Waals surface area (Å²) in [6.07, 6.45) is 6.13. The second kappa shape index (κ2) is 6.71. The highest BCUT2D eigenvalue weighted by Crippen LogP contribution is 2.43. The first-order valence-electron chi connectivity index (χ1n) is 7.32. The van der Waals surface area contributed by atoms with Crippen molar-refractivity contribution in [2.45, 2.75) is 51.0 Å². The number of aromatic nitrogens is 1. The maximum atomic E-state index is 10.7. The number of aliphatic hydroxyl groups excluding tert-OH is 1. The number of ether oxygens (including phenoxy) is 1. The van der Waals surface area contributed by atoms with Crippen molar-refractivity contribution in [2.75, 3.05) is 7.11 Å². The molecule has 0 spiro atoms. The van der Waals surface area contributed by atoms with E-state index in [-0.39, 0.29) is 0 Å². The van der Waals surface area contributed by atoms with Gasteiger partial charge in [0.25, 0.3) is 0 Å². The van der Waals surface area contributed by atoms with Crippen LogP contribution in [-0.2, 0) is 0 Å². The van der Waals surface area contributed by atoms with Gasteiger partial charge in [-0.3, -0.25) is 0 Å². The fraction of sp³-hybridized carbons (Fsp3) is 0.625. The molecule has 0 bridgehead atoms. The van der Waals surface area contributed by atoms with Crippen LogP contribution in [0.5, 0.6) is 5.88 Å². The molecule has 1 heterocycles. The zero-order valence-electron chi connectivity index (χ0n) is 12.0. The number of methoxy groups -OCH3 is 1. The van der Waals surface area contributed by atoms with Crippen molar-refractivity contribution in [3.05, 3.63) is 23.9 Å². The normalized spacial score (nSPS) is 20.2. The van der Waals surface area contributed by atoms with Crippen LogP contribution in [0.3, 0.4) is 0 Å². The average molecular weight is 274 g/mol. The van der Waals surface area contributed by atoms with Gasteiger partial charge in [0.1, 0.15) is 6.10 Å². The number of aliphatic hydroxyl groups is 1. The molecule has 108 valence electrons. The first-order valence-corrected chi connectivity index (χ1v) is 7.32. The third-order valence-corrected chi connectivity index (χ3v) is 4.23. The Morgan fingerprint density at radius 3 is 2.50 bits per heavy atom. The fourth-order valence-electron chi connectivity index (χ4n) is 2.96. The Kier molecular flexibility index (Phi) is 4.97. The van der Waals surface area contributed by atoms with Gasteiger partial charge in [0.2, 0.25) is 5.88 Å². The van der Waals surface area contributed by atoms with Crippen LogP contribution in [-0.4, -0.2) is 17.2 Å². The lowest BCUT2D eigenvalue weighted by atomic mass is 9.72. The second-order valence-corrected chi connectivity index (χ2v) is 5.54. The number of pyridine rings is 1. The average Bonchev–Trinajstić information content (AvgIpc) is 2.47. The van der Waals surface area contributed by atoms with E-state index in [0.29, 0.717) is 11.6 Å². The topological polar surface area (TPSA) is 66.1 Å². The summed E-state index contributed by atoms with van der Waals surface area (Å²) >= 11 is 0. The van der Waals surface area contributed by atoms with E-state index in [1.807, 2.05) is 0 Å². The number of hydrogen-bond acceptors (Lipinski definition) is 4. The Balaban J connectivity index is 2.26. The quantitative estimate of drug-likeness (QED) is 0.917. The lowest BCUT2D eigenvalue weighted by Gasteiger charge is -2.33. The highest BCUT2D eigenvalue weighted by Gasteiger charge is 2.39. The summed E-state index contributed by atoms with van der Waals surface area (Å²) in [5.41, 5.74) is -0.175. The standard InChI is InChI=1S/C16H22N2O2/c1-20-14-9-7-8-13(18-14)15(19)16(12-17)10-5-3-2-4-6-11-16/h7-9,15,19H,2-6,10-11H2,1H3. The summed E-state index contributed by atoms with van der Waals surface area (Å²) in [7, 11) is 1.55. The summed E-state index contributed by atoms with van der Waals surface area (Å²) in [6, 6.07) is 7.71. The molecule has 1 N–H and O–H groups in total. The number of nitriles is 1. The van der Waals surface area contributed by atoms with E-state index >= 15 is 0 Å². The second-order valence-electron chi connectivity index (χ2n) is 5.54. The van der Waals surface area contributed by atoms with Crippen molar-refractivity contribution in [3.63, 3.8) is 0 Å². The van der Waals surface area contributed by atoms with Gasteiger partial charge in [0, 0.05) is 6.07 Å². The van der Waals surface area contributed by atoms with Crippen molar-refractivity contribution in [1.82, 2.24) is 4.98 Å². The van der Waals surface area contributed by atoms with E-state index in [4.69, 9.17) is 4.74 Å². The summed E-state index contributed by atoms with van der Waals surface area (Å²) in [4.78, 5) is 4.29. The van der Waals surface area contributed by atoms with Gasteiger partial charge in [-0.2, -0.15) is 5.26 Å². The zero-order chi connectivity index (χ0) is 14.4. The molecule has 2 rings (SSSR count). The smallest absolute Gasteiger partial charge is 0.213 e. The van der Waals surface area contributed by atoms with Crippen molar-refractivity contribution in [3.8, 4) is 11.9 Å². The van der Waals surface area contributed by atoms with E-state index in [0.717, 1.165) is 38.5 Å². The minimum Gasteiger partial charge on any atom is -0.481 e. The van der Waals surface area contributed by atoms with Crippen molar-refractivity contribution >= 4 is 0 Å². The van der Waals surface area contributed by atoms with Crippen molar-refractivity contribution < 1.29 is 9.84 Å². The van der Waals surface area contributed by atoms with Gasteiger partial charge in [0.05, 0.1) is 24.3 Å². The maximum Gasteiger partial charge on any atom is 0.213 e. The Hall–Kier alpha value is -1.60. The molecule has 1 fully saturated rings. The van der Waals surface area contributed by atoms with Gasteiger partial charge >= 0.3 is 0 Å². The minimum atomic E-state index is -0.847. The van der Waals surface area contributed by atoms with Gasteiger partial charge in [-0.05, 0) is 18.9 Å². The SMILES string of the molecule is COc1cccc(C(O)C2(C#N)CCCCCCC2)n1. The largest absolute Gasteiger partial charge is 0.481 e. The van der Waals surface area contributed by atoms with Crippen LogP contribution in [0.4, 0.5) is 0 Å². The maximum absolute atomic E-state index is 10.7. The Morgan fingerprint density at radius 1 is 1.25 bits per heavy atom. The molecule has 0 aromatic carbocycles. The van der Waals surface area contributed by atoms with E-state index in [2.05, 4.69) is 11.1 Å². The predicted octanol–water partition coefficient (Wildman–Crippen LogP) is 3.38. The van der Waals surface area contributed by atoms with Crippen molar-refractivity contribution in [1.29, 1.82) is 5.26 Å². The molecular weight excluding hydrogens is 252 g/mol. The highest BCUT2D eigenvalue weighted by atomic mass is 16.5. The molecule has 20 heavy (non-hydrogen) atoms. The molecule has 1 aliphatic rings. The Morgan fingerprint density at radius 2 is 1.90 bits per heavy atom. The van der Waals surface area contributed by atoms with Gasteiger partial charge in [0.15, 0.2) is 0 Å². The summed E-state index contributed by atoms with van der Waals surface area (Å²) in [6.45, 7) is 0. The van der Waals surface area contributed by atoms with Gasteiger partial charge in [-0.25, -0.2) is 4.98 Å². The van der Waals surface area contributed by atoms with Gasteiger partial charge in [-0.15, -0.1) is 0 Å². The number of rotatable bonds is 3. The van der Waals surface area contributed by atoms with E-state index in [1.54, 1.807) is 25.3 Å². The van der Waals surface area contributed by atoms with Crippen molar-refractivity contribution in [2.24, 2.45) is 5.41 Å². The Labute approximate surface area is 120 Å². The molecular formula is C16H22N2O2. The summed E-state index contributed by atoms with van der Waals surface area (Å²) in [5.74, 6) is 0.473. The molecule has 1 aliphatic carbocycles. The van der Waals surface area contributed by atoms with Crippen LogP contribution in [0.25, 0.3) is 0 Å². The molecule has 1 aromatic heterocycles. The molecule has 1 atom stereocenters. The Bertz CT molecular complexity index is 474. The molecule has 0 saturated heterocycles. The van der Waals surface area contributed by atoms with Crippen LogP contribution in [0.15, 0.2) is 18.2 Å². The zero-order valence-corrected chi connectivity index (χ0v) is 12.0. The van der Waals surface area contributed by atoms with Crippen LogP contribution in [0, 0.1) is 16.7 Å². The van der Waals surface area contributed by atoms with Crippen LogP contribution in [0.2, 0.25) is 0 Å². The molecule has 1 unspecified atom stereocenters. The lowest BCUT2D eigenvalue weighted by molar-refractivity contribution is 0.0397. The molecule has 0 aliphatic heterocycles. The van der Waals surface area contributed by atoms with Crippen LogP contribution < -0.4 is 4.74 Å². The van der Waals surface area contributed by atoms with Crippen LogP contribution >= 0.6 is 0 Å². The first kappa shape index (κ1) is 14.8. The van der Waals surface area contributed by atoms with E-state index in [9.17, 15) is 10.4 Å². The molecule has 0 radical (unpaired) electrons. The monoisotopic (exact) mass is 274 g/mol. The predicted molar refractivity (Wildman–Crippen MR) is 76.1 cm³/mol. The van der Waals surface area contributed by atoms with Gasteiger partial charge in [-0.1, -0.05) is 38.2 Å². The number of hydrogen-bond donors (Lipinski definition) is 1. The molecule has 1 aromatic rings. The van der Waals surface area contributed by atoms with E-state index in [1.165, 1.54) is 6.42 Å². The highest BCUT2D eigenvalue weighted by molar-refractivity contribution is 5.21. The third-order valence-electron chi connectivity index (χ3n) is 4.23. The molecule has 1 saturated carbocycles. The summed E-state index contributed by atoms with van der Waals surface area (Å²) in [5, 5.41) is 20.3. The fourth-order valence-corrected chi connectivity index (χ4v) is 2.96. The number of nitrogens with zero attached hydrogens (tertiary/aromatic N) is 2. The minimum absolute atomic E-state index is 0.473.